The van der Waals surface area contributed by atoms with E-state index >= 15 is 0 Å². The van der Waals surface area contributed by atoms with Crippen molar-refractivity contribution in [1.82, 2.24) is 14.8 Å². The van der Waals surface area contributed by atoms with E-state index in [1.54, 1.807) is 11.3 Å². The van der Waals surface area contributed by atoms with Crippen molar-refractivity contribution < 1.29 is 4.79 Å². The van der Waals surface area contributed by atoms with Crippen LogP contribution < -0.4 is 0 Å². The summed E-state index contributed by atoms with van der Waals surface area (Å²) in [4.78, 5) is 21.3. The summed E-state index contributed by atoms with van der Waals surface area (Å²) in [5.74, 6) is 0.195. The van der Waals surface area contributed by atoms with Crippen LogP contribution in [0.5, 0.6) is 0 Å². The molecule has 0 spiro atoms. The van der Waals surface area contributed by atoms with E-state index in [9.17, 15) is 4.79 Å². The van der Waals surface area contributed by atoms with Crippen LogP contribution >= 0.6 is 11.3 Å². The van der Waals surface area contributed by atoms with Crippen molar-refractivity contribution >= 4 is 17.2 Å². The summed E-state index contributed by atoms with van der Waals surface area (Å²) in [6.45, 7) is 3.71. The molecule has 1 aliphatic rings. The molecule has 3 rings (SSSR count). The van der Waals surface area contributed by atoms with Gasteiger partial charge < -0.3 is 9.80 Å². The standard InChI is InChI=1S/C17H21N3OS/c1-19-8-5-9-20(11-10-19)16(21)12-15-13-22-17(18-15)14-6-3-2-4-7-14/h2-4,6-7,13H,5,8-12H2,1H3. The first-order chi connectivity index (χ1) is 10.7. The monoisotopic (exact) mass is 315 g/mol. The van der Waals surface area contributed by atoms with Crippen LogP contribution in [0.25, 0.3) is 10.6 Å². The SMILES string of the molecule is CN1CCCN(C(=O)Cc2csc(-c3ccccc3)n2)CC1. The van der Waals surface area contributed by atoms with E-state index in [1.165, 1.54) is 0 Å². The van der Waals surface area contributed by atoms with Gasteiger partial charge in [0, 0.05) is 30.6 Å². The van der Waals surface area contributed by atoms with Crippen molar-refractivity contribution in [3.05, 3.63) is 41.4 Å². The van der Waals surface area contributed by atoms with Crippen molar-refractivity contribution in [2.24, 2.45) is 0 Å². The lowest BCUT2D eigenvalue weighted by Crippen LogP contribution is -2.35. The smallest absolute Gasteiger partial charge is 0.228 e. The molecule has 1 fully saturated rings. The van der Waals surface area contributed by atoms with Gasteiger partial charge in [0.15, 0.2) is 0 Å². The summed E-state index contributed by atoms with van der Waals surface area (Å²) in [5, 5.41) is 2.99. The van der Waals surface area contributed by atoms with Gasteiger partial charge in [-0.2, -0.15) is 0 Å². The molecule has 0 radical (unpaired) electrons. The highest BCUT2D eigenvalue weighted by molar-refractivity contribution is 7.13. The predicted molar refractivity (Wildman–Crippen MR) is 89.9 cm³/mol. The van der Waals surface area contributed by atoms with Crippen LogP contribution in [-0.4, -0.2) is 53.9 Å². The van der Waals surface area contributed by atoms with E-state index in [1.807, 2.05) is 28.5 Å². The Balaban J connectivity index is 1.63. The highest BCUT2D eigenvalue weighted by atomic mass is 32.1. The Morgan fingerprint density at radius 3 is 2.82 bits per heavy atom. The van der Waals surface area contributed by atoms with Gasteiger partial charge in [0.1, 0.15) is 5.01 Å². The minimum atomic E-state index is 0.195. The second-order valence-corrected chi connectivity index (χ2v) is 6.58. The Morgan fingerprint density at radius 2 is 2.00 bits per heavy atom. The van der Waals surface area contributed by atoms with Gasteiger partial charge in [-0.1, -0.05) is 30.3 Å². The molecule has 116 valence electrons. The van der Waals surface area contributed by atoms with E-state index in [4.69, 9.17) is 0 Å². The number of amides is 1. The van der Waals surface area contributed by atoms with Crippen LogP contribution in [0, 0.1) is 0 Å². The number of hydrogen-bond donors (Lipinski definition) is 0. The lowest BCUT2D eigenvalue weighted by molar-refractivity contribution is -0.130. The van der Waals surface area contributed by atoms with Gasteiger partial charge in [0.2, 0.25) is 5.91 Å². The van der Waals surface area contributed by atoms with Crippen molar-refractivity contribution in [1.29, 1.82) is 0 Å². The maximum absolute atomic E-state index is 12.4. The number of benzene rings is 1. The second-order valence-electron chi connectivity index (χ2n) is 5.72. The van der Waals surface area contributed by atoms with Gasteiger partial charge in [0.25, 0.3) is 0 Å². The van der Waals surface area contributed by atoms with Crippen molar-refractivity contribution in [2.45, 2.75) is 12.8 Å². The molecule has 2 heterocycles. The van der Waals surface area contributed by atoms with E-state index in [2.05, 4.69) is 29.1 Å². The molecule has 0 saturated carbocycles. The topological polar surface area (TPSA) is 36.4 Å². The Kier molecular flexibility index (Phi) is 4.85. The van der Waals surface area contributed by atoms with Crippen LogP contribution in [0.1, 0.15) is 12.1 Å². The number of nitrogens with zero attached hydrogens (tertiary/aromatic N) is 3. The Bertz CT molecular complexity index is 626. The Labute approximate surface area is 135 Å². The largest absolute Gasteiger partial charge is 0.341 e. The third kappa shape index (κ3) is 3.72. The van der Waals surface area contributed by atoms with Crippen LogP contribution in [0.2, 0.25) is 0 Å². The molecule has 1 aliphatic heterocycles. The molecule has 0 aliphatic carbocycles. The molecular weight excluding hydrogens is 294 g/mol. The maximum atomic E-state index is 12.4. The Morgan fingerprint density at radius 1 is 1.18 bits per heavy atom. The molecule has 22 heavy (non-hydrogen) atoms. The van der Waals surface area contributed by atoms with Crippen LogP contribution in [0.15, 0.2) is 35.7 Å². The summed E-state index contributed by atoms with van der Waals surface area (Å²) >= 11 is 1.61. The van der Waals surface area contributed by atoms with E-state index in [0.29, 0.717) is 6.42 Å². The number of aromatic nitrogens is 1. The minimum Gasteiger partial charge on any atom is -0.341 e. The molecule has 0 bridgehead atoms. The molecule has 1 amide bonds. The van der Waals surface area contributed by atoms with Gasteiger partial charge in [-0.3, -0.25) is 4.79 Å². The number of carbonyl (C=O) groups excluding carboxylic acids is 1. The fourth-order valence-corrected chi connectivity index (χ4v) is 3.49. The van der Waals surface area contributed by atoms with Crippen molar-refractivity contribution in [2.75, 3.05) is 33.2 Å². The summed E-state index contributed by atoms with van der Waals surface area (Å²) in [6, 6.07) is 10.1. The van der Waals surface area contributed by atoms with E-state index in [0.717, 1.165) is 48.9 Å². The quantitative estimate of drug-likeness (QED) is 0.873. The lowest BCUT2D eigenvalue weighted by atomic mass is 10.2. The van der Waals surface area contributed by atoms with Gasteiger partial charge in [-0.05, 0) is 20.0 Å². The fraction of sp³-hybridized carbons (Fsp3) is 0.412. The van der Waals surface area contributed by atoms with Gasteiger partial charge >= 0.3 is 0 Å². The first kappa shape index (κ1) is 15.2. The molecule has 1 aromatic carbocycles. The van der Waals surface area contributed by atoms with Crippen LogP contribution in [0.4, 0.5) is 0 Å². The minimum absolute atomic E-state index is 0.195. The first-order valence-corrected chi connectivity index (χ1v) is 8.56. The number of hydrogen-bond acceptors (Lipinski definition) is 4. The lowest BCUT2D eigenvalue weighted by Gasteiger charge is -2.20. The second kappa shape index (κ2) is 7.03. The van der Waals surface area contributed by atoms with Crippen molar-refractivity contribution in [3.8, 4) is 10.6 Å². The zero-order valence-electron chi connectivity index (χ0n) is 12.9. The molecule has 0 atom stereocenters. The van der Waals surface area contributed by atoms with E-state index < -0.39 is 0 Å². The van der Waals surface area contributed by atoms with E-state index in [-0.39, 0.29) is 5.91 Å². The molecule has 0 unspecified atom stereocenters. The highest BCUT2D eigenvalue weighted by Crippen LogP contribution is 2.23. The molecular formula is C17H21N3OS. The molecule has 4 nitrogen and oxygen atoms in total. The maximum Gasteiger partial charge on any atom is 0.228 e. The van der Waals surface area contributed by atoms with Gasteiger partial charge in [-0.15, -0.1) is 11.3 Å². The number of carbonyl (C=O) groups is 1. The molecule has 1 aromatic heterocycles. The summed E-state index contributed by atoms with van der Waals surface area (Å²) in [7, 11) is 2.11. The zero-order valence-corrected chi connectivity index (χ0v) is 13.7. The van der Waals surface area contributed by atoms with Crippen LogP contribution in [0.3, 0.4) is 0 Å². The number of rotatable bonds is 3. The predicted octanol–water partition coefficient (Wildman–Crippen LogP) is 2.52. The molecule has 1 saturated heterocycles. The fourth-order valence-electron chi connectivity index (χ4n) is 2.66. The average Bonchev–Trinajstić information content (AvgIpc) is 2.88. The third-order valence-electron chi connectivity index (χ3n) is 3.98. The first-order valence-electron chi connectivity index (χ1n) is 7.68. The third-order valence-corrected chi connectivity index (χ3v) is 4.92. The summed E-state index contributed by atoms with van der Waals surface area (Å²) in [5.41, 5.74) is 1.99. The van der Waals surface area contributed by atoms with Gasteiger partial charge in [0.05, 0.1) is 12.1 Å². The zero-order chi connectivity index (χ0) is 15.4. The normalized spacial score (nSPS) is 16.5. The number of likely N-dealkylation sites (N-methyl/N-ethyl adjacent to an activating group) is 1. The summed E-state index contributed by atoms with van der Waals surface area (Å²) in [6.07, 6.45) is 1.46. The average molecular weight is 315 g/mol. The van der Waals surface area contributed by atoms with Crippen LogP contribution in [-0.2, 0) is 11.2 Å². The Hall–Kier alpha value is -1.72. The number of thiazole rings is 1. The molecule has 0 N–H and O–H groups in total. The molecule has 5 heteroatoms. The highest BCUT2D eigenvalue weighted by Gasteiger charge is 2.18. The summed E-state index contributed by atoms with van der Waals surface area (Å²) < 4.78 is 0. The van der Waals surface area contributed by atoms with Gasteiger partial charge in [-0.25, -0.2) is 4.98 Å². The molecule has 2 aromatic rings. The van der Waals surface area contributed by atoms with Crippen molar-refractivity contribution in [3.63, 3.8) is 0 Å².